The van der Waals surface area contributed by atoms with Crippen molar-refractivity contribution in [3.63, 3.8) is 0 Å². The highest BCUT2D eigenvalue weighted by molar-refractivity contribution is 5.99. The Hall–Kier alpha value is -1.70. The number of unbranched alkanes of at least 4 members (excludes halogenated alkanes) is 1. The van der Waals surface area contributed by atoms with E-state index < -0.39 is 0 Å². The lowest BCUT2D eigenvalue weighted by atomic mass is 9.93. The average Bonchev–Trinajstić information content (AvgIpc) is 2.49. The molecule has 0 aliphatic heterocycles. The highest BCUT2D eigenvalue weighted by Gasteiger charge is 2.15. The van der Waals surface area contributed by atoms with Crippen molar-refractivity contribution >= 4 is 17.2 Å². The number of allylic oxidation sites excluding steroid dienone is 1. The van der Waals surface area contributed by atoms with Gasteiger partial charge >= 0.3 is 0 Å². The number of carbonyl (C=O) groups is 1. The molecule has 0 saturated heterocycles. The summed E-state index contributed by atoms with van der Waals surface area (Å²) in [5, 5.41) is 0. The number of Topliss-reactive ketones (excluding diaryl/α,β-unsaturated/α-hetero) is 1. The molecule has 0 atom stereocenters. The minimum Gasteiger partial charge on any atom is -0.294 e. The molecule has 2 heteroatoms. The van der Waals surface area contributed by atoms with E-state index in [0.29, 0.717) is 0 Å². The van der Waals surface area contributed by atoms with Gasteiger partial charge in [0.25, 0.3) is 0 Å². The van der Waals surface area contributed by atoms with E-state index in [-0.39, 0.29) is 11.7 Å². The molecular formula is C20H29NO. The Balaban J connectivity index is 3.30. The predicted octanol–water partition coefficient (Wildman–Crippen LogP) is 5.71. The van der Waals surface area contributed by atoms with Gasteiger partial charge in [0.15, 0.2) is 5.78 Å². The van der Waals surface area contributed by atoms with Gasteiger partial charge < -0.3 is 0 Å². The van der Waals surface area contributed by atoms with E-state index >= 15 is 0 Å². The maximum Gasteiger partial charge on any atom is 0.165 e. The third-order valence-corrected chi connectivity index (χ3v) is 3.54. The first-order valence-corrected chi connectivity index (χ1v) is 8.30. The third kappa shape index (κ3) is 4.94. The highest BCUT2D eigenvalue weighted by Crippen LogP contribution is 2.23. The first-order chi connectivity index (χ1) is 10.4. The van der Waals surface area contributed by atoms with Crippen LogP contribution in [0.3, 0.4) is 0 Å². The Bertz CT molecular complexity index is 575. The number of aliphatic imine (C=N–C) groups is 1. The summed E-state index contributed by atoms with van der Waals surface area (Å²) < 4.78 is 0. The summed E-state index contributed by atoms with van der Waals surface area (Å²) in [6.45, 7) is 12.2. The molecule has 0 fully saturated rings. The molecule has 1 aromatic rings. The van der Waals surface area contributed by atoms with Gasteiger partial charge in [0.1, 0.15) is 0 Å². The molecule has 0 N–H and O–H groups in total. The lowest BCUT2D eigenvalue weighted by molar-refractivity contribution is 0.0938. The van der Waals surface area contributed by atoms with Gasteiger partial charge in [-0.2, -0.15) is 0 Å². The molecule has 0 radical (unpaired) electrons. The molecule has 0 spiro atoms. The molecule has 0 aliphatic rings. The molecular weight excluding hydrogens is 270 g/mol. The lowest BCUT2D eigenvalue weighted by Crippen LogP contribution is -2.10. The quantitative estimate of drug-likeness (QED) is 0.468. The zero-order valence-corrected chi connectivity index (χ0v) is 14.9. The molecule has 0 saturated carbocycles. The van der Waals surface area contributed by atoms with Crippen molar-refractivity contribution in [3.8, 4) is 0 Å². The van der Waals surface area contributed by atoms with Crippen LogP contribution >= 0.6 is 0 Å². The van der Waals surface area contributed by atoms with Gasteiger partial charge in [-0.15, -0.1) is 0 Å². The van der Waals surface area contributed by atoms with Crippen LogP contribution in [-0.4, -0.2) is 11.5 Å². The number of rotatable bonds is 7. The summed E-state index contributed by atoms with van der Waals surface area (Å²) in [4.78, 5) is 17.0. The summed E-state index contributed by atoms with van der Waals surface area (Å²) in [6, 6.07) is 6.13. The van der Waals surface area contributed by atoms with Crippen LogP contribution in [0.4, 0.5) is 0 Å². The monoisotopic (exact) mass is 299 g/mol. The number of hydrogen-bond donors (Lipinski definition) is 0. The molecule has 0 bridgehead atoms. The fourth-order valence-electron chi connectivity index (χ4n) is 2.35. The predicted molar refractivity (Wildman–Crippen MR) is 96.7 cm³/mol. The number of nitrogens with zero attached hydrogens (tertiary/aromatic N) is 1. The lowest BCUT2D eigenvalue weighted by Gasteiger charge is -2.12. The van der Waals surface area contributed by atoms with Gasteiger partial charge in [0.05, 0.1) is 5.70 Å². The molecule has 0 unspecified atom stereocenters. The molecule has 120 valence electrons. The maximum absolute atomic E-state index is 12.3. The van der Waals surface area contributed by atoms with Crippen LogP contribution in [0.25, 0.3) is 5.70 Å². The van der Waals surface area contributed by atoms with E-state index in [9.17, 15) is 4.79 Å². The van der Waals surface area contributed by atoms with Crippen molar-refractivity contribution in [1.29, 1.82) is 0 Å². The number of aryl methyl sites for hydroxylation is 1. The summed E-state index contributed by atoms with van der Waals surface area (Å²) in [6.07, 6.45) is 5.16. The van der Waals surface area contributed by atoms with Crippen LogP contribution in [0, 0.1) is 5.92 Å². The summed E-state index contributed by atoms with van der Waals surface area (Å²) >= 11 is 0. The van der Waals surface area contributed by atoms with E-state index in [1.807, 2.05) is 39.8 Å². The fourth-order valence-corrected chi connectivity index (χ4v) is 2.35. The topological polar surface area (TPSA) is 29.4 Å². The van der Waals surface area contributed by atoms with Crippen LogP contribution in [0.2, 0.25) is 0 Å². The van der Waals surface area contributed by atoms with Crippen LogP contribution in [0.15, 0.2) is 29.3 Å². The van der Waals surface area contributed by atoms with Crippen molar-refractivity contribution in [2.45, 2.75) is 60.8 Å². The van der Waals surface area contributed by atoms with Crippen molar-refractivity contribution in [2.24, 2.45) is 10.9 Å². The van der Waals surface area contributed by atoms with Crippen molar-refractivity contribution in [1.82, 2.24) is 0 Å². The van der Waals surface area contributed by atoms with Crippen LogP contribution in [0.5, 0.6) is 0 Å². The SMILES string of the molecule is CCC/C=C(\N=C(C)C)c1ccc(C(=O)C(C)C)c(CC)c1. The van der Waals surface area contributed by atoms with E-state index in [0.717, 1.165) is 47.4 Å². The Morgan fingerprint density at radius 2 is 1.91 bits per heavy atom. The van der Waals surface area contributed by atoms with E-state index in [1.54, 1.807) is 0 Å². The third-order valence-electron chi connectivity index (χ3n) is 3.54. The molecule has 0 amide bonds. The van der Waals surface area contributed by atoms with Gasteiger partial charge in [0.2, 0.25) is 0 Å². The minimum atomic E-state index is 0.0298. The van der Waals surface area contributed by atoms with E-state index in [1.165, 1.54) is 0 Å². The second kappa shape index (κ2) is 8.67. The first-order valence-electron chi connectivity index (χ1n) is 8.30. The number of benzene rings is 1. The van der Waals surface area contributed by atoms with Crippen LogP contribution < -0.4 is 0 Å². The zero-order valence-electron chi connectivity index (χ0n) is 14.9. The largest absolute Gasteiger partial charge is 0.294 e. The van der Waals surface area contributed by atoms with Crippen molar-refractivity contribution in [3.05, 3.63) is 41.0 Å². The van der Waals surface area contributed by atoms with Gasteiger partial charge in [-0.1, -0.05) is 52.3 Å². The molecule has 22 heavy (non-hydrogen) atoms. The van der Waals surface area contributed by atoms with Crippen LogP contribution in [-0.2, 0) is 6.42 Å². The fraction of sp³-hybridized carbons (Fsp3) is 0.500. The summed E-state index contributed by atoms with van der Waals surface area (Å²) in [5.41, 5.74) is 5.13. The average molecular weight is 299 g/mol. The Morgan fingerprint density at radius 1 is 1.23 bits per heavy atom. The van der Waals surface area contributed by atoms with E-state index in [4.69, 9.17) is 0 Å². The molecule has 0 heterocycles. The molecule has 1 rings (SSSR count). The summed E-state index contributed by atoms with van der Waals surface area (Å²) in [5.74, 6) is 0.250. The molecule has 2 nitrogen and oxygen atoms in total. The highest BCUT2D eigenvalue weighted by atomic mass is 16.1. The number of hydrogen-bond acceptors (Lipinski definition) is 2. The molecule has 0 aliphatic carbocycles. The standard InChI is InChI=1S/C20H29NO/c1-7-9-10-19(21-15(5)6)17-11-12-18(16(8-2)13-17)20(22)14(3)4/h10-14H,7-9H2,1-6H3/b19-10-. The van der Waals surface area contributed by atoms with Gasteiger partial charge in [-0.05, 0) is 38.3 Å². The van der Waals surface area contributed by atoms with Crippen molar-refractivity contribution < 1.29 is 4.79 Å². The van der Waals surface area contributed by atoms with Crippen molar-refractivity contribution in [2.75, 3.05) is 0 Å². The number of ketones is 1. The summed E-state index contributed by atoms with van der Waals surface area (Å²) in [7, 11) is 0. The first kappa shape index (κ1) is 18.3. The maximum atomic E-state index is 12.3. The normalized spacial score (nSPS) is 11.7. The smallest absolute Gasteiger partial charge is 0.165 e. The second-order valence-electron chi connectivity index (χ2n) is 6.18. The molecule has 1 aromatic carbocycles. The molecule has 0 aromatic heterocycles. The van der Waals surface area contributed by atoms with Crippen LogP contribution in [0.1, 0.15) is 75.9 Å². The Kier molecular flexibility index (Phi) is 7.23. The minimum absolute atomic E-state index is 0.0298. The van der Waals surface area contributed by atoms with Gasteiger partial charge in [-0.25, -0.2) is 0 Å². The Labute approximate surface area is 135 Å². The Morgan fingerprint density at radius 3 is 2.41 bits per heavy atom. The van der Waals surface area contributed by atoms with E-state index in [2.05, 4.69) is 31.0 Å². The number of carbonyl (C=O) groups excluding carboxylic acids is 1. The van der Waals surface area contributed by atoms with Gasteiger partial charge in [-0.3, -0.25) is 9.79 Å². The second-order valence-corrected chi connectivity index (χ2v) is 6.18. The van der Waals surface area contributed by atoms with Gasteiger partial charge in [0, 0.05) is 22.8 Å². The zero-order chi connectivity index (χ0) is 16.7.